The Morgan fingerprint density at radius 1 is 0.581 bits per heavy atom. The van der Waals surface area contributed by atoms with Gasteiger partial charge >= 0.3 is 0 Å². The highest BCUT2D eigenvalue weighted by molar-refractivity contribution is 7.85. The van der Waals surface area contributed by atoms with Crippen LogP contribution in [0.4, 0.5) is 0 Å². The van der Waals surface area contributed by atoms with Crippen molar-refractivity contribution in [2.45, 2.75) is 12.8 Å². The number of rotatable bonds is 3. The fourth-order valence-electron chi connectivity index (χ4n) is 6.91. The minimum absolute atomic E-state index is 0.833. The van der Waals surface area contributed by atoms with Crippen molar-refractivity contribution in [2.75, 3.05) is 0 Å². The van der Waals surface area contributed by atoms with Gasteiger partial charge < -0.3 is 4.57 Å². The molecular weight excluding hydrogens is 543 g/mol. The third-order valence-corrected chi connectivity index (χ3v) is 12.1. The predicted molar refractivity (Wildman–Crippen MR) is 182 cm³/mol. The zero-order chi connectivity index (χ0) is 28.5. The van der Waals surface area contributed by atoms with Crippen LogP contribution in [-0.4, -0.2) is 9.38 Å². The van der Waals surface area contributed by atoms with Crippen LogP contribution in [0.3, 0.4) is 0 Å². The number of allylic oxidation sites excluding steroid dienone is 1. The normalized spacial score (nSPS) is 13.4. The van der Waals surface area contributed by atoms with Crippen molar-refractivity contribution in [2.24, 2.45) is 0 Å². The third kappa shape index (κ3) is 3.62. The summed E-state index contributed by atoms with van der Waals surface area (Å²) in [6.07, 6.45) is 6.40. The van der Waals surface area contributed by atoms with Crippen LogP contribution in [0, 0.1) is 0 Å². The molecule has 9 rings (SSSR count). The van der Waals surface area contributed by atoms with E-state index >= 15 is 4.57 Å². The van der Waals surface area contributed by atoms with Crippen LogP contribution in [-0.2, 0) is 11.0 Å². The van der Waals surface area contributed by atoms with Crippen molar-refractivity contribution in [3.05, 3.63) is 145 Å². The lowest BCUT2D eigenvalue weighted by atomic mass is 10.1. The van der Waals surface area contributed by atoms with Crippen molar-refractivity contribution in [1.29, 1.82) is 0 Å². The first-order valence-corrected chi connectivity index (χ1v) is 16.5. The molecule has 0 fully saturated rings. The summed E-state index contributed by atoms with van der Waals surface area (Å²) < 4.78 is 18.2. The van der Waals surface area contributed by atoms with Gasteiger partial charge in [0.15, 0.2) is 7.14 Å². The molecule has 2 aromatic heterocycles. The van der Waals surface area contributed by atoms with Gasteiger partial charge in [-0.15, -0.1) is 0 Å². The summed E-state index contributed by atoms with van der Waals surface area (Å²) in [6, 6.07) is 44.0. The van der Waals surface area contributed by atoms with Gasteiger partial charge in [-0.05, 0) is 76.2 Å². The minimum Gasteiger partial charge on any atom is -0.309 e. The number of nitrogens with zero attached hydrogens (tertiary/aromatic N) is 2. The molecule has 1 aliphatic carbocycles. The molecule has 0 bridgehead atoms. The summed E-state index contributed by atoms with van der Waals surface area (Å²) in [5.41, 5.74) is 4.36. The van der Waals surface area contributed by atoms with Gasteiger partial charge in [-0.1, -0.05) is 103 Å². The van der Waals surface area contributed by atoms with E-state index in [0.29, 0.717) is 0 Å². The number of hydrogen-bond acceptors (Lipinski definition) is 2. The van der Waals surface area contributed by atoms with Crippen molar-refractivity contribution in [3.63, 3.8) is 0 Å². The summed E-state index contributed by atoms with van der Waals surface area (Å²) >= 11 is 0. The Morgan fingerprint density at radius 2 is 1.16 bits per heavy atom. The maximum Gasteiger partial charge on any atom is 0.171 e. The zero-order valence-electron chi connectivity index (χ0n) is 23.4. The van der Waals surface area contributed by atoms with E-state index in [1.54, 1.807) is 0 Å². The van der Waals surface area contributed by atoms with Crippen LogP contribution in [0.25, 0.3) is 54.9 Å². The van der Waals surface area contributed by atoms with E-state index in [0.717, 1.165) is 89.0 Å². The summed E-state index contributed by atoms with van der Waals surface area (Å²) in [5.74, 6) is 0. The number of aryl methyl sites for hydroxylation is 1. The molecule has 0 atom stereocenters. The van der Waals surface area contributed by atoms with E-state index in [1.165, 1.54) is 0 Å². The van der Waals surface area contributed by atoms with E-state index in [4.69, 9.17) is 4.98 Å². The Balaban J connectivity index is 1.38. The SMILES string of the molecule is O=P(c1ccc2ccccc2c1)(c1ccc2ccccc2c1)c1ccc2c(c1)c1ccccc1c1nc3c(n21)C=CCC3. The van der Waals surface area contributed by atoms with Gasteiger partial charge in [-0.2, -0.15) is 0 Å². The van der Waals surface area contributed by atoms with Crippen molar-refractivity contribution < 1.29 is 4.57 Å². The summed E-state index contributed by atoms with van der Waals surface area (Å²) in [6.45, 7) is 0. The van der Waals surface area contributed by atoms with Crippen LogP contribution in [0.1, 0.15) is 17.8 Å². The fourth-order valence-corrected chi connectivity index (χ4v) is 9.61. The first-order valence-electron chi connectivity index (χ1n) is 14.8. The van der Waals surface area contributed by atoms with E-state index in [9.17, 15) is 0 Å². The number of pyridine rings is 1. The van der Waals surface area contributed by atoms with Crippen LogP contribution in [0.5, 0.6) is 0 Å². The standard InChI is InChI=1S/C39H27N2OP/c42-43(30-19-17-26-9-1-3-11-28(26)23-30,31-20-18-27-10-2-4-12-29(27)24-31)32-21-22-37-35(25-32)33-13-5-6-14-34(33)39-40-36-15-7-8-16-38(36)41(37)39/h1-6,8-14,16-25H,7,15H2. The lowest BCUT2D eigenvalue weighted by Crippen LogP contribution is -2.25. The zero-order valence-corrected chi connectivity index (χ0v) is 24.3. The average molecular weight is 571 g/mol. The molecule has 0 amide bonds. The molecule has 3 nitrogen and oxygen atoms in total. The van der Waals surface area contributed by atoms with Gasteiger partial charge in [-0.25, -0.2) is 4.98 Å². The maximum absolute atomic E-state index is 15.9. The number of hydrogen-bond donors (Lipinski definition) is 0. The molecule has 0 unspecified atom stereocenters. The Hall–Kier alpha value is -4.98. The predicted octanol–water partition coefficient (Wildman–Crippen LogP) is 8.55. The summed E-state index contributed by atoms with van der Waals surface area (Å²) in [7, 11) is -3.27. The van der Waals surface area contributed by atoms with Gasteiger partial charge in [0.05, 0.1) is 16.9 Å². The molecule has 1 aliphatic rings. The number of benzene rings is 6. The van der Waals surface area contributed by atoms with Crippen LogP contribution < -0.4 is 15.9 Å². The van der Waals surface area contributed by atoms with Gasteiger partial charge in [-0.3, -0.25) is 4.40 Å². The average Bonchev–Trinajstić information content (AvgIpc) is 3.47. The number of aromatic nitrogens is 2. The van der Waals surface area contributed by atoms with Crippen molar-refractivity contribution in [1.82, 2.24) is 9.38 Å². The first-order chi connectivity index (χ1) is 21.2. The molecule has 0 saturated carbocycles. The second-order valence-electron chi connectivity index (χ2n) is 11.5. The largest absolute Gasteiger partial charge is 0.309 e. The smallest absolute Gasteiger partial charge is 0.171 e. The highest BCUT2D eigenvalue weighted by atomic mass is 31.2. The molecule has 0 N–H and O–H groups in total. The Labute approximate surface area is 249 Å². The molecule has 2 heterocycles. The van der Waals surface area contributed by atoms with Crippen molar-refractivity contribution in [3.8, 4) is 0 Å². The Morgan fingerprint density at radius 3 is 1.86 bits per heavy atom. The highest BCUT2D eigenvalue weighted by Crippen LogP contribution is 2.45. The second-order valence-corrected chi connectivity index (χ2v) is 14.2. The van der Waals surface area contributed by atoms with E-state index in [-0.39, 0.29) is 0 Å². The van der Waals surface area contributed by atoms with E-state index < -0.39 is 7.14 Å². The molecule has 0 spiro atoms. The van der Waals surface area contributed by atoms with E-state index in [2.05, 4.69) is 120 Å². The fraction of sp³-hybridized carbons (Fsp3) is 0.0513. The first kappa shape index (κ1) is 24.6. The van der Waals surface area contributed by atoms with Crippen molar-refractivity contribution >= 4 is 78.0 Å². The third-order valence-electron chi connectivity index (χ3n) is 9.05. The topological polar surface area (TPSA) is 34.4 Å². The number of imidazole rings is 1. The monoisotopic (exact) mass is 570 g/mol. The van der Waals surface area contributed by atoms with Crippen LogP contribution >= 0.6 is 7.14 Å². The van der Waals surface area contributed by atoms with Gasteiger partial charge in [0.1, 0.15) is 5.65 Å². The van der Waals surface area contributed by atoms with Gasteiger partial charge in [0.25, 0.3) is 0 Å². The molecule has 0 radical (unpaired) electrons. The lowest BCUT2D eigenvalue weighted by molar-refractivity contribution is 0.592. The highest BCUT2D eigenvalue weighted by Gasteiger charge is 2.31. The molecule has 8 aromatic rings. The van der Waals surface area contributed by atoms with Crippen LogP contribution in [0.2, 0.25) is 0 Å². The summed E-state index contributed by atoms with van der Waals surface area (Å²) in [5, 5.41) is 10.3. The molecule has 0 aliphatic heterocycles. The lowest BCUT2D eigenvalue weighted by Gasteiger charge is -2.22. The van der Waals surface area contributed by atoms with E-state index in [1.807, 2.05) is 24.3 Å². The molecule has 43 heavy (non-hydrogen) atoms. The Kier molecular flexibility index (Phi) is 5.30. The molecule has 204 valence electrons. The van der Waals surface area contributed by atoms with Gasteiger partial charge in [0.2, 0.25) is 0 Å². The maximum atomic E-state index is 15.9. The van der Waals surface area contributed by atoms with Gasteiger partial charge in [0, 0.05) is 26.7 Å². The molecule has 4 heteroatoms. The second kappa shape index (κ2) is 9.26. The Bertz CT molecular complexity index is 2420. The quantitative estimate of drug-likeness (QED) is 0.158. The van der Waals surface area contributed by atoms with Crippen LogP contribution in [0.15, 0.2) is 133 Å². The summed E-state index contributed by atoms with van der Waals surface area (Å²) in [4.78, 5) is 5.11. The number of fused-ring (bicyclic) bond motifs is 10. The minimum atomic E-state index is -3.27. The molecule has 0 saturated heterocycles. The molecule has 6 aromatic carbocycles. The molecular formula is C39H27N2OP.